The SMILES string of the molecule is CCO[C@H]1CC(=O)O[C@H]1C(N)=O. The molecule has 12 heavy (non-hydrogen) atoms. The molecule has 5 heteroatoms. The second kappa shape index (κ2) is 3.53. The number of hydrogen-bond donors (Lipinski definition) is 1. The standard InChI is InChI=1S/C7H11NO4/c1-2-11-4-3-5(9)12-6(4)7(8)10/h4,6H,2-3H2,1H3,(H2,8,10)/t4-,6+/m0/s1. The van der Waals surface area contributed by atoms with Crippen LogP contribution in [0.2, 0.25) is 0 Å². The van der Waals surface area contributed by atoms with Crippen molar-refractivity contribution in [1.29, 1.82) is 0 Å². The van der Waals surface area contributed by atoms with Crippen LogP contribution in [0.3, 0.4) is 0 Å². The normalized spacial score (nSPS) is 28.6. The van der Waals surface area contributed by atoms with Crippen LogP contribution in [0.25, 0.3) is 0 Å². The van der Waals surface area contributed by atoms with Crippen LogP contribution >= 0.6 is 0 Å². The molecule has 1 amide bonds. The Morgan fingerprint density at radius 1 is 1.83 bits per heavy atom. The first-order valence-corrected chi connectivity index (χ1v) is 3.75. The Morgan fingerprint density at radius 3 is 3.00 bits per heavy atom. The highest BCUT2D eigenvalue weighted by Crippen LogP contribution is 2.17. The molecule has 0 aromatic carbocycles. The number of carbonyl (C=O) groups excluding carboxylic acids is 2. The maximum Gasteiger partial charge on any atom is 0.309 e. The third-order valence-corrected chi connectivity index (χ3v) is 1.63. The largest absolute Gasteiger partial charge is 0.449 e. The van der Waals surface area contributed by atoms with Crippen LogP contribution < -0.4 is 5.73 Å². The van der Waals surface area contributed by atoms with Gasteiger partial charge in [0, 0.05) is 6.61 Å². The molecule has 0 aromatic heterocycles. The fourth-order valence-electron chi connectivity index (χ4n) is 1.14. The molecule has 0 bridgehead atoms. The molecule has 1 aliphatic rings. The van der Waals surface area contributed by atoms with Crippen LogP contribution in [0.15, 0.2) is 0 Å². The van der Waals surface area contributed by atoms with Gasteiger partial charge in [0.05, 0.1) is 6.42 Å². The quantitative estimate of drug-likeness (QED) is 0.566. The number of ether oxygens (including phenoxy) is 2. The van der Waals surface area contributed by atoms with E-state index in [1.807, 2.05) is 0 Å². The van der Waals surface area contributed by atoms with Crippen molar-refractivity contribution in [2.75, 3.05) is 6.61 Å². The predicted molar refractivity (Wildman–Crippen MR) is 39.1 cm³/mol. The smallest absolute Gasteiger partial charge is 0.309 e. The Bertz CT molecular complexity index is 204. The summed E-state index contributed by atoms with van der Waals surface area (Å²) in [6, 6.07) is 0. The van der Waals surface area contributed by atoms with Gasteiger partial charge in [0.15, 0.2) is 0 Å². The van der Waals surface area contributed by atoms with E-state index in [1.54, 1.807) is 6.92 Å². The molecule has 68 valence electrons. The van der Waals surface area contributed by atoms with E-state index in [4.69, 9.17) is 10.5 Å². The van der Waals surface area contributed by atoms with E-state index in [1.165, 1.54) is 0 Å². The van der Waals surface area contributed by atoms with Crippen molar-refractivity contribution in [1.82, 2.24) is 0 Å². The Kier molecular flexibility index (Phi) is 2.65. The zero-order valence-electron chi connectivity index (χ0n) is 6.78. The minimum atomic E-state index is -0.905. The fourth-order valence-corrected chi connectivity index (χ4v) is 1.14. The molecule has 1 rings (SSSR count). The monoisotopic (exact) mass is 173 g/mol. The van der Waals surface area contributed by atoms with E-state index >= 15 is 0 Å². The number of rotatable bonds is 3. The van der Waals surface area contributed by atoms with Crippen molar-refractivity contribution in [3.8, 4) is 0 Å². The van der Waals surface area contributed by atoms with Gasteiger partial charge in [0.25, 0.3) is 5.91 Å². The average molecular weight is 173 g/mol. The first-order chi connectivity index (χ1) is 5.65. The lowest BCUT2D eigenvalue weighted by atomic mass is 10.2. The summed E-state index contributed by atoms with van der Waals surface area (Å²) in [6.07, 6.45) is -1.29. The molecule has 0 spiro atoms. The first kappa shape index (κ1) is 8.99. The molecular formula is C7H11NO4. The van der Waals surface area contributed by atoms with Gasteiger partial charge in [-0.3, -0.25) is 9.59 Å². The molecule has 0 radical (unpaired) electrons. The van der Waals surface area contributed by atoms with E-state index in [2.05, 4.69) is 4.74 Å². The zero-order chi connectivity index (χ0) is 9.14. The number of nitrogens with two attached hydrogens (primary N) is 1. The van der Waals surface area contributed by atoms with Crippen molar-refractivity contribution >= 4 is 11.9 Å². The lowest BCUT2D eigenvalue weighted by Crippen LogP contribution is -2.37. The number of amides is 1. The Balaban J connectivity index is 2.59. The molecule has 0 aromatic rings. The van der Waals surface area contributed by atoms with E-state index in [-0.39, 0.29) is 6.42 Å². The molecule has 0 unspecified atom stereocenters. The lowest BCUT2D eigenvalue weighted by Gasteiger charge is -2.13. The topological polar surface area (TPSA) is 78.6 Å². The van der Waals surface area contributed by atoms with Crippen molar-refractivity contribution in [3.63, 3.8) is 0 Å². The van der Waals surface area contributed by atoms with Crippen LogP contribution in [0, 0.1) is 0 Å². The summed E-state index contributed by atoms with van der Waals surface area (Å²) in [5, 5.41) is 0. The summed E-state index contributed by atoms with van der Waals surface area (Å²) in [5.74, 6) is -1.09. The van der Waals surface area contributed by atoms with Gasteiger partial charge in [-0.1, -0.05) is 0 Å². The second-order valence-electron chi connectivity index (χ2n) is 2.51. The van der Waals surface area contributed by atoms with Crippen molar-refractivity contribution in [2.45, 2.75) is 25.6 Å². The number of primary amides is 1. The van der Waals surface area contributed by atoms with Crippen molar-refractivity contribution < 1.29 is 19.1 Å². The summed E-state index contributed by atoms with van der Waals surface area (Å²) >= 11 is 0. The molecule has 0 saturated carbocycles. The molecule has 0 aliphatic carbocycles. The van der Waals surface area contributed by atoms with Gasteiger partial charge in [0.2, 0.25) is 6.10 Å². The Morgan fingerprint density at radius 2 is 2.50 bits per heavy atom. The number of cyclic esters (lactones) is 1. The van der Waals surface area contributed by atoms with Crippen LogP contribution in [-0.4, -0.2) is 30.7 Å². The lowest BCUT2D eigenvalue weighted by molar-refractivity contribution is -0.148. The van der Waals surface area contributed by atoms with Gasteiger partial charge < -0.3 is 15.2 Å². The van der Waals surface area contributed by atoms with Crippen LogP contribution in [0.5, 0.6) is 0 Å². The molecule has 1 heterocycles. The molecule has 2 atom stereocenters. The molecule has 1 saturated heterocycles. The Labute approximate surface area is 69.8 Å². The number of esters is 1. The summed E-state index contributed by atoms with van der Waals surface area (Å²) < 4.78 is 9.75. The highest BCUT2D eigenvalue weighted by Gasteiger charge is 2.39. The van der Waals surface area contributed by atoms with E-state index in [9.17, 15) is 9.59 Å². The van der Waals surface area contributed by atoms with Crippen LogP contribution in [-0.2, 0) is 19.1 Å². The Hall–Kier alpha value is -1.10. The summed E-state index contributed by atoms with van der Waals surface area (Å²) in [5.41, 5.74) is 4.98. The number of carbonyl (C=O) groups is 2. The summed E-state index contributed by atoms with van der Waals surface area (Å²) in [6.45, 7) is 2.21. The maximum absolute atomic E-state index is 10.7. The second-order valence-corrected chi connectivity index (χ2v) is 2.51. The molecule has 1 fully saturated rings. The summed E-state index contributed by atoms with van der Waals surface area (Å²) in [4.78, 5) is 21.4. The first-order valence-electron chi connectivity index (χ1n) is 3.75. The molecule has 1 aliphatic heterocycles. The third kappa shape index (κ3) is 1.73. The third-order valence-electron chi connectivity index (χ3n) is 1.63. The van der Waals surface area contributed by atoms with E-state index < -0.39 is 24.1 Å². The zero-order valence-corrected chi connectivity index (χ0v) is 6.78. The highest BCUT2D eigenvalue weighted by molar-refractivity contribution is 5.86. The van der Waals surface area contributed by atoms with E-state index in [0.717, 1.165) is 0 Å². The van der Waals surface area contributed by atoms with Crippen LogP contribution in [0.1, 0.15) is 13.3 Å². The molecule has 5 nitrogen and oxygen atoms in total. The summed E-state index contributed by atoms with van der Waals surface area (Å²) in [7, 11) is 0. The minimum Gasteiger partial charge on any atom is -0.449 e. The minimum absolute atomic E-state index is 0.113. The fraction of sp³-hybridized carbons (Fsp3) is 0.714. The van der Waals surface area contributed by atoms with Gasteiger partial charge in [-0.15, -0.1) is 0 Å². The molecular weight excluding hydrogens is 162 g/mol. The average Bonchev–Trinajstić information content (AvgIpc) is 2.32. The van der Waals surface area contributed by atoms with Gasteiger partial charge in [-0.05, 0) is 6.92 Å². The predicted octanol–water partition coefficient (Wildman–Crippen LogP) is -0.808. The van der Waals surface area contributed by atoms with Gasteiger partial charge >= 0.3 is 5.97 Å². The van der Waals surface area contributed by atoms with E-state index in [0.29, 0.717) is 6.61 Å². The van der Waals surface area contributed by atoms with Crippen molar-refractivity contribution in [2.24, 2.45) is 5.73 Å². The number of hydrogen-bond acceptors (Lipinski definition) is 4. The van der Waals surface area contributed by atoms with Gasteiger partial charge in [0.1, 0.15) is 6.10 Å². The maximum atomic E-state index is 10.7. The van der Waals surface area contributed by atoms with Crippen LogP contribution in [0.4, 0.5) is 0 Å². The van der Waals surface area contributed by atoms with Crippen molar-refractivity contribution in [3.05, 3.63) is 0 Å². The molecule has 2 N–H and O–H groups in total. The van der Waals surface area contributed by atoms with Gasteiger partial charge in [-0.2, -0.15) is 0 Å². The highest BCUT2D eigenvalue weighted by atomic mass is 16.6. The van der Waals surface area contributed by atoms with Gasteiger partial charge in [-0.25, -0.2) is 0 Å².